The van der Waals surface area contributed by atoms with Crippen LogP contribution in [-0.2, 0) is 38.4 Å². The van der Waals surface area contributed by atoms with Crippen LogP contribution in [0.2, 0.25) is 0 Å². The van der Waals surface area contributed by atoms with Gasteiger partial charge in [-0.25, -0.2) is 0 Å². The van der Waals surface area contributed by atoms with Crippen molar-refractivity contribution >= 4 is 47.6 Å². The SMILES string of the molecule is CC(CCC(=O)O)[C@H]1CCC2C3C(C[C@H](O)[C@@]21C)[C@@]1(C)CC[C@H](NC(=O)CCC(=O)NCCCC[C@@H](C(=O)O)N(CCN(CC(=O)O)CC(=O)O)CCN(CC(=O)O)CC(=O)O)C[C@H]1C[C@H]3O. The van der Waals surface area contributed by atoms with Gasteiger partial charge in [0.1, 0.15) is 6.04 Å². The minimum absolute atomic E-state index is 0.0413. The number of carboxylic acid groups (broad SMARTS) is 6. The van der Waals surface area contributed by atoms with E-state index in [4.69, 9.17) is 0 Å². The molecule has 4 aliphatic rings. The van der Waals surface area contributed by atoms with E-state index in [0.717, 1.165) is 35.5 Å². The number of carboxylic acids is 6. The summed E-state index contributed by atoms with van der Waals surface area (Å²) < 4.78 is 0. The number of rotatable bonds is 29. The number of aliphatic carboxylic acids is 6. The third kappa shape index (κ3) is 15.0. The van der Waals surface area contributed by atoms with E-state index in [1.165, 1.54) is 4.90 Å². The molecule has 0 aromatic rings. The highest BCUT2D eigenvalue weighted by molar-refractivity contribution is 5.83. The fraction of sp³-hybridized carbons (Fsp3) is 0.826. The minimum Gasteiger partial charge on any atom is -0.481 e. The summed E-state index contributed by atoms with van der Waals surface area (Å²) in [7, 11) is 0. The molecule has 0 aromatic heterocycles. The topological polar surface area (TPSA) is 332 Å². The van der Waals surface area contributed by atoms with Crippen molar-refractivity contribution in [2.24, 2.45) is 46.3 Å². The first-order valence-corrected chi connectivity index (χ1v) is 23.9. The lowest BCUT2D eigenvalue weighted by Gasteiger charge is -2.63. The van der Waals surface area contributed by atoms with E-state index in [9.17, 15) is 79.2 Å². The molecule has 0 bridgehead atoms. The molecule has 4 fully saturated rings. The number of aliphatic hydroxyl groups is 2. The van der Waals surface area contributed by atoms with Crippen molar-refractivity contribution in [3.63, 3.8) is 0 Å². The summed E-state index contributed by atoms with van der Waals surface area (Å²) >= 11 is 0. The maximum absolute atomic E-state index is 13.1. The zero-order chi connectivity index (χ0) is 49.8. The van der Waals surface area contributed by atoms with Crippen LogP contribution in [0, 0.1) is 46.3 Å². The Morgan fingerprint density at radius 2 is 1.21 bits per heavy atom. The van der Waals surface area contributed by atoms with E-state index < -0.39 is 85.7 Å². The third-order valence-corrected chi connectivity index (χ3v) is 16.1. The first kappa shape index (κ1) is 55.2. The molecule has 0 aliphatic heterocycles. The lowest BCUT2D eigenvalue weighted by atomic mass is 9.43. The maximum atomic E-state index is 13.1. The van der Waals surface area contributed by atoms with Gasteiger partial charge in [-0.05, 0) is 117 Å². The van der Waals surface area contributed by atoms with E-state index in [-0.39, 0.29) is 117 Å². The van der Waals surface area contributed by atoms with Gasteiger partial charge in [-0.1, -0.05) is 20.8 Å². The Bertz CT molecular complexity index is 1700. The predicted molar refractivity (Wildman–Crippen MR) is 238 cm³/mol. The second-order valence-electron chi connectivity index (χ2n) is 20.3. The number of nitrogens with one attached hydrogen (secondary N) is 2. The summed E-state index contributed by atoms with van der Waals surface area (Å²) in [5.74, 6) is -7.14. The average molecular weight is 954 g/mol. The monoisotopic (exact) mass is 954 g/mol. The van der Waals surface area contributed by atoms with Crippen LogP contribution in [-0.4, -0.2) is 186 Å². The molecule has 2 amide bonds. The molecule has 0 radical (unpaired) electrons. The van der Waals surface area contributed by atoms with Crippen LogP contribution >= 0.6 is 0 Å². The van der Waals surface area contributed by atoms with Crippen molar-refractivity contribution < 1.29 is 79.2 Å². The number of nitrogens with zero attached hydrogens (tertiary/aromatic N) is 3. The molecule has 10 N–H and O–H groups in total. The highest BCUT2D eigenvalue weighted by Gasteiger charge is 2.65. The number of fused-ring (bicyclic) bond motifs is 5. The summed E-state index contributed by atoms with van der Waals surface area (Å²) in [4.78, 5) is 98.7. The predicted octanol–water partition coefficient (Wildman–Crippen LogP) is 1.34. The molecule has 0 aromatic carbocycles. The van der Waals surface area contributed by atoms with E-state index in [0.29, 0.717) is 38.5 Å². The van der Waals surface area contributed by atoms with Crippen molar-refractivity contribution in [3.8, 4) is 0 Å². The Balaban J connectivity index is 1.24. The van der Waals surface area contributed by atoms with Gasteiger partial charge < -0.3 is 51.5 Å². The fourth-order valence-electron chi connectivity index (χ4n) is 12.8. The standard InChI is InChI=1S/C46H75N5O16/c1-27(7-12-38(56)57)30-8-9-31-43-32(22-35(53)46(30,31)3)45(2)14-13-29(20-28(45)21-34(43)52)48-37(55)11-10-36(54)47-15-5-4-6-33(44(66)67)51(18-16-49(23-39(58)59)24-40(60)61)19-17-50(25-41(62)63)26-42(64)65/h27-35,43,52-53H,4-26H2,1-3H3,(H,47,54)(H,48,55)(H,56,57)(H,58,59)(H,60,61)(H,62,63)(H,64,65)(H,66,67)/t27?,28-,29-,30+,31?,32?,33-,34+,35-,43?,45-,46+/m0/s1. The van der Waals surface area contributed by atoms with Crippen LogP contribution in [0.15, 0.2) is 0 Å². The van der Waals surface area contributed by atoms with Gasteiger partial charge in [-0.3, -0.25) is 53.1 Å². The Labute approximate surface area is 391 Å². The normalized spacial score (nSPS) is 29.9. The van der Waals surface area contributed by atoms with E-state index in [1.807, 2.05) is 0 Å². The lowest BCUT2D eigenvalue weighted by Crippen LogP contribution is -2.63. The molecular weight excluding hydrogens is 879 g/mol. The second kappa shape index (κ2) is 24.7. The van der Waals surface area contributed by atoms with Gasteiger partial charge >= 0.3 is 35.8 Å². The van der Waals surface area contributed by atoms with Gasteiger partial charge in [-0.2, -0.15) is 0 Å². The Morgan fingerprint density at radius 3 is 1.75 bits per heavy atom. The van der Waals surface area contributed by atoms with Crippen molar-refractivity contribution in [2.45, 2.75) is 135 Å². The second-order valence-corrected chi connectivity index (χ2v) is 20.3. The molecule has 21 heteroatoms. The minimum atomic E-state index is -1.30. The van der Waals surface area contributed by atoms with E-state index in [2.05, 4.69) is 31.4 Å². The van der Waals surface area contributed by atoms with Gasteiger partial charge in [0.25, 0.3) is 0 Å². The largest absolute Gasteiger partial charge is 0.481 e. The molecule has 12 atom stereocenters. The molecule has 4 saturated carbocycles. The molecule has 4 rings (SSSR count). The van der Waals surface area contributed by atoms with Crippen molar-refractivity contribution in [1.29, 1.82) is 0 Å². The van der Waals surface area contributed by atoms with Crippen molar-refractivity contribution in [1.82, 2.24) is 25.3 Å². The summed E-state index contributed by atoms with van der Waals surface area (Å²) in [6.07, 6.45) is 5.37. The number of hydrogen-bond acceptors (Lipinski definition) is 13. The van der Waals surface area contributed by atoms with Crippen LogP contribution < -0.4 is 10.6 Å². The number of aliphatic hydroxyl groups excluding tert-OH is 2. The number of amides is 2. The van der Waals surface area contributed by atoms with Crippen LogP contribution in [0.1, 0.15) is 111 Å². The van der Waals surface area contributed by atoms with Gasteiger partial charge in [0.2, 0.25) is 11.8 Å². The first-order valence-electron chi connectivity index (χ1n) is 23.9. The van der Waals surface area contributed by atoms with Gasteiger partial charge in [0, 0.05) is 58.0 Å². The zero-order valence-corrected chi connectivity index (χ0v) is 39.2. The van der Waals surface area contributed by atoms with E-state index >= 15 is 0 Å². The number of carbonyl (C=O) groups excluding carboxylic acids is 2. The van der Waals surface area contributed by atoms with E-state index in [1.54, 1.807) is 0 Å². The molecular formula is C46H75N5O16. The fourth-order valence-corrected chi connectivity index (χ4v) is 12.8. The van der Waals surface area contributed by atoms with Crippen LogP contribution in [0.3, 0.4) is 0 Å². The first-order chi connectivity index (χ1) is 31.5. The molecule has 380 valence electrons. The molecule has 4 aliphatic carbocycles. The Hall–Kier alpha value is -4.44. The Kier molecular flexibility index (Phi) is 20.4. The molecule has 67 heavy (non-hydrogen) atoms. The highest BCUT2D eigenvalue weighted by Crippen LogP contribution is 2.68. The van der Waals surface area contributed by atoms with Crippen molar-refractivity contribution in [3.05, 3.63) is 0 Å². The molecule has 4 unspecified atom stereocenters. The lowest BCUT2D eigenvalue weighted by molar-refractivity contribution is -0.202. The summed E-state index contributed by atoms with van der Waals surface area (Å²) in [6.45, 7) is 3.59. The number of carbonyl (C=O) groups is 8. The van der Waals surface area contributed by atoms with Gasteiger partial charge in [0.05, 0.1) is 38.4 Å². The van der Waals surface area contributed by atoms with Gasteiger partial charge in [0.15, 0.2) is 0 Å². The van der Waals surface area contributed by atoms with Crippen LogP contribution in [0.5, 0.6) is 0 Å². The molecule has 0 spiro atoms. The smallest absolute Gasteiger partial charge is 0.320 e. The highest BCUT2D eigenvalue weighted by atomic mass is 16.4. The quantitative estimate of drug-likeness (QED) is 0.0473. The molecule has 0 saturated heterocycles. The average Bonchev–Trinajstić information content (AvgIpc) is 3.58. The Morgan fingerprint density at radius 1 is 0.642 bits per heavy atom. The van der Waals surface area contributed by atoms with Crippen LogP contribution in [0.25, 0.3) is 0 Å². The summed E-state index contributed by atoms with van der Waals surface area (Å²) in [6, 6.07) is -1.32. The van der Waals surface area contributed by atoms with Gasteiger partial charge in [-0.15, -0.1) is 0 Å². The van der Waals surface area contributed by atoms with Crippen molar-refractivity contribution in [2.75, 3.05) is 58.9 Å². The number of unbranched alkanes of at least 4 members (excludes halogenated alkanes) is 1. The zero-order valence-electron chi connectivity index (χ0n) is 39.2. The molecule has 0 heterocycles. The summed E-state index contributed by atoms with van der Waals surface area (Å²) in [5.41, 5.74) is -0.517. The maximum Gasteiger partial charge on any atom is 0.320 e. The van der Waals surface area contributed by atoms with Crippen LogP contribution in [0.4, 0.5) is 0 Å². The summed E-state index contributed by atoms with van der Waals surface area (Å²) in [5, 5.41) is 86.0. The third-order valence-electron chi connectivity index (χ3n) is 16.1. The molecule has 21 nitrogen and oxygen atoms in total. The number of hydrogen-bond donors (Lipinski definition) is 10.